The summed E-state index contributed by atoms with van der Waals surface area (Å²) < 4.78 is 5.38. The molecule has 3 heteroatoms. The Morgan fingerprint density at radius 1 is 1.38 bits per heavy atom. The molecule has 1 heterocycles. The number of pyridine rings is 1. The summed E-state index contributed by atoms with van der Waals surface area (Å²) in [6, 6.07) is 5.55. The molecule has 0 saturated carbocycles. The van der Waals surface area contributed by atoms with Gasteiger partial charge in [-0.3, -0.25) is 4.98 Å². The van der Waals surface area contributed by atoms with Crippen LogP contribution in [0.25, 0.3) is 0 Å². The second-order valence-corrected chi connectivity index (χ2v) is 3.14. The van der Waals surface area contributed by atoms with E-state index in [4.69, 9.17) is 9.84 Å². The Kier molecular flexibility index (Phi) is 3.86. The summed E-state index contributed by atoms with van der Waals surface area (Å²) in [6.07, 6.45) is 0.208. The lowest BCUT2D eigenvalue weighted by molar-refractivity contribution is 0.0634. The fourth-order valence-electron chi connectivity index (χ4n) is 0.950. The third-order valence-electron chi connectivity index (χ3n) is 1.59. The number of aliphatic hydroxyl groups is 1. The van der Waals surface area contributed by atoms with E-state index in [1.807, 2.05) is 26.0 Å². The van der Waals surface area contributed by atoms with Crippen LogP contribution in [0.5, 0.6) is 0 Å². The first kappa shape index (κ1) is 10.2. The van der Waals surface area contributed by atoms with Gasteiger partial charge in [0.2, 0.25) is 0 Å². The van der Waals surface area contributed by atoms with Crippen LogP contribution in [0.1, 0.15) is 25.2 Å². The summed E-state index contributed by atoms with van der Waals surface area (Å²) in [5.74, 6) is 0. The molecule has 0 amide bonds. The van der Waals surface area contributed by atoms with Crippen molar-refractivity contribution in [3.8, 4) is 0 Å². The van der Waals surface area contributed by atoms with Gasteiger partial charge in [-0.05, 0) is 26.0 Å². The molecule has 1 rings (SSSR count). The van der Waals surface area contributed by atoms with E-state index in [1.165, 1.54) is 0 Å². The van der Waals surface area contributed by atoms with Crippen LogP contribution < -0.4 is 0 Å². The van der Waals surface area contributed by atoms with Gasteiger partial charge in [-0.25, -0.2) is 0 Å². The number of hydrogen-bond acceptors (Lipinski definition) is 3. The van der Waals surface area contributed by atoms with E-state index < -0.39 is 0 Å². The quantitative estimate of drug-likeness (QED) is 0.765. The van der Waals surface area contributed by atoms with Crippen molar-refractivity contribution >= 4 is 0 Å². The molecule has 0 fully saturated rings. The van der Waals surface area contributed by atoms with E-state index in [-0.39, 0.29) is 12.7 Å². The third-order valence-corrected chi connectivity index (χ3v) is 1.59. The van der Waals surface area contributed by atoms with Crippen molar-refractivity contribution in [3.05, 3.63) is 29.6 Å². The van der Waals surface area contributed by atoms with E-state index in [2.05, 4.69) is 4.98 Å². The van der Waals surface area contributed by atoms with Gasteiger partial charge in [0.15, 0.2) is 0 Å². The Hall–Kier alpha value is -0.930. The highest BCUT2D eigenvalue weighted by molar-refractivity contribution is 5.09. The molecule has 1 N–H and O–H groups in total. The first-order valence-electron chi connectivity index (χ1n) is 4.39. The first-order chi connectivity index (χ1) is 6.22. The van der Waals surface area contributed by atoms with Crippen molar-refractivity contribution < 1.29 is 9.84 Å². The second-order valence-electron chi connectivity index (χ2n) is 3.14. The lowest BCUT2D eigenvalue weighted by Crippen LogP contribution is -2.04. The van der Waals surface area contributed by atoms with E-state index in [1.54, 1.807) is 6.07 Å². The number of ether oxygens (including phenoxy) is 1. The fourth-order valence-corrected chi connectivity index (χ4v) is 0.950. The lowest BCUT2D eigenvalue weighted by atomic mass is 10.3. The van der Waals surface area contributed by atoms with Crippen LogP contribution in [0.4, 0.5) is 0 Å². The molecule has 0 atom stereocenters. The number of aromatic nitrogens is 1. The van der Waals surface area contributed by atoms with Gasteiger partial charge >= 0.3 is 0 Å². The maximum atomic E-state index is 8.84. The average molecular weight is 181 g/mol. The van der Waals surface area contributed by atoms with Crippen LogP contribution in [-0.4, -0.2) is 16.2 Å². The third kappa shape index (κ3) is 3.53. The van der Waals surface area contributed by atoms with Crippen LogP contribution in [0.2, 0.25) is 0 Å². The monoisotopic (exact) mass is 181 g/mol. The van der Waals surface area contributed by atoms with Gasteiger partial charge in [-0.15, -0.1) is 0 Å². The van der Waals surface area contributed by atoms with Gasteiger partial charge in [0.25, 0.3) is 0 Å². The molecule has 0 radical (unpaired) electrons. The molecule has 0 aliphatic carbocycles. The molecule has 0 aliphatic rings. The van der Waals surface area contributed by atoms with Crippen molar-refractivity contribution in [2.45, 2.75) is 33.2 Å². The molecular weight excluding hydrogens is 166 g/mol. The summed E-state index contributed by atoms with van der Waals surface area (Å²) >= 11 is 0. The average Bonchev–Trinajstić information content (AvgIpc) is 2.15. The molecule has 0 aliphatic heterocycles. The smallest absolute Gasteiger partial charge is 0.0891 e. The molecule has 1 aromatic rings. The van der Waals surface area contributed by atoms with Gasteiger partial charge in [-0.2, -0.15) is 0 Å². The summed E-state index contributed by atoms with van der Waals surface area (Å²) in [7, 11) is 0. The number of nitrogens with zero attached hydrogens (tertiary/aromatic N) is 1. The van der Waals surface area contributed by atoms with Crippen molar-refractivity contribution in [1.29, 1.82) is 0 Å². The van der Waals surface area contributed by atoms with Crippen LogP contribution in [-0.2, 0) is 18.0 Å². The first-order valence-corrected chi connectivity index (χ1v) is 4.39. The molecule has 72 valence electrons. The SMILES string of the molecule is CC(C)OCc1cccc(CO)n1. The van der Waals surface area contributed by atoms with E-state index in [0.717, 1.165) is 5.69 Å². The van der Waals surface area contributed by atoms with Crippen molar-refractivity contribution in [2.24, 2.45) is 0 Å². The second kappa shape index (κ2) is 4.94. The predicted molar refractivity (Wildman–Crippen MR) is 50.1 cm³/mol. The zero-order valence-electron chi connectivity index (χ0n) is 8.03. The summed E-state index contributed by atoms with van der Waals surface area (Å²) in [4.78, 5) is 4.19. The normalized spacial score (nSPS) is 10.8. The maximum absolute atomic E-state index is 8.84. The largest absolute Gasteiger partial charge is 0.390 e. The Morgan fingerprint density at radius 2 is 2.08 bits per heavy atom. The number of hydrogen-bond donors (Lipinski definition) is 1. The molecule has 13 heavy (non-hydrogen) atoms. The van der Waals surface area contributed by atoms with Gasteiger partial charge < -0.3 is 9.84 Å². The molecule has 3 nitrogen and oxygen atoms in total. The van der Waals surface area contributed by atoms with Gasteiger partial charge in [0.1, 0.15) is 0 Å². The Labute approximate surface area is 78.4 Å². The summed E-state index contributed by atoms with van der Waals surface area (Å²) in [5.41, 5.74) is 1.55. The molecule has 0 unspecified atom stereocenters. The zero-order chi connectivity index (χ0) is 9.68. The molecule has 1 aromatic heterocycles. The molecule has 0 saturated heterocycles. The molecular formula is C10H15NO2. The van der Waals surface area contributed by atoms with Crippen molar-refractivity contribution in [2.75, 3.05) is 0 Å². The zero-order valence-corrected chi connectivity index (χ0v) is 8.03. The van der Waals surface area contributed by atoms with Gasteiger partial charge in [0.05, 0.1) is 30.7 Å². The highest BCUT2D eigenvalue weighted by Crippen LogP contribution is 2.02. The molecule has 0 aromatic carbocycles. The van der Waals surface area contributed by atoms with E-state index in [0.29, 0.717) is 12.3 Å². The minimum Gasteiger partial charge on any atom is -0.390 e. The Bertz CT molecular complexity index is 261. The van der Waals surface area contributed by atoms with Crippen LogP contribution in [0.3, 0.4) is 0 Å². The summed E-state index contributed by atoms with van der Waals surface area (Å²) in [5, 5.41) is 8.84. The van der Waals surface area contributed by atoms with Gasteiger partial charge in [0, 0.05) is 0 Å². The topological polar surface area (TPSA) is 42.4 Å². The minimum absolute atomic E-state index is 0.0183. The number of aliphatic hydroxyl groups excluding tert-OH is 1. The van der Waals surface area contributed by atoms with Crippen LogP contribution in [0.15, 0.2) is 18.2 Å². The Balaban J connectivity index is 2.56. The van der Waals surface area contributed by atoms with Crippen molar-refractivity contribution in [3.63, 3.8) is 0 Å². The van der Waals surface area contributed by atoms with E-state index >= 15 is 0 Å². The minimum atomic E-state index is -0.0183. The summed E-state index contributed by atoms with van der Waals surface area (Å²) in [6.45, 7) is 4.45. The standard InChI is InChI=1S/C10H15NO2/c1-8(2)13-7-10-5-3-4-9(6-12)11-10/h3-5,8,12H,6-7H2,1-2H3. The van der Waals surface area contributed by atoms with Crippen LogP contribution >= 0.6 is 0 Å². The van der Waals surface area contributed by atoms with E-state index in [9.17, 15) is 0 Å². The van der Waals surface area contributed by atoms with Crippen LogP contribution in [0, 0.1) is 0 Å². The Morgan fingerprint density at radius 3 is 2.69 bits per heavy atom. The maximum Gasteiger partial charge on any atom is 0.0891 e. The highest BCUT2D eigenvalue weighted by Gasteiger charge is 1.98. The lowest BCUT2D eigenvalue weighted by Gasteiger charge is -2.07. The van der Waals surface area contributed by atoms with Gasteiger partial charge in [-0.1, -0.05) is 6.07 Å². The van der Waals surface area contributed by atoms with Crippen molar-refractivity contribution in [1.82, 2.24) is 4.98 Å². The fraction of sp³-hybridized carbons (Fsp3) is 0.500. The highest BCUT2D eigenvalue weighted by atomic mass is 16.5. The predicted octanol–water partition coefficient (Wildman–Crippen LogP) is 1.50. The number of rotatable bonds is 4. The molecule has 0 spiro atoms. The molecule has 0 bridgehead atoms.